The molecule has 0 unspecified atom stereocenters. The van der Waals surface area contributed by atoms with Crippen molar-refractivity contribution < 1.29 is 22.5 Å². The second-order valence-electron chi connectivity index (χ2n) is 10.8. The lowest BCUT2D eigenvalue weighted by molar-refractivity contribution is -0.137. The fourth-order valence-corrected chi connectivity index (χ4v) is 6.49. The van der Waals surface area contributed by atoms with Gasteiger partial charge in [-0.05, 0) is 64.5 Å². The zero-order valence-electron chi connectivity index (χ0n) is 23.0. The molecule has 0 radical (unpaired) electrons. The molecule has 214 valence electrons. The second kappa shape index (κ2) is 10.9. The van der Waals surface area contributed by atoms with E-state index >= 15 is 0 Å². The maximum atomic E-state index is 14.0. The minimum absolute atomic E-state index is 0.0469. The summed E-state index contributed by atoms with van der Waals surface area (Å²) in [5.41, 5.74) is 1.96. The summed E-state index contributed by atoms with van der Waals surface area (Å²) in [5, 5.41) is 6.40. The zero-order chi connectivity index (χ0) is 28.7. The average Bonchev–Trinajstić information content (AvgIpc) is 3.39. The van der Waals surface area contributed by atoms with Gasteiger partial charge < -0.3 is 29.7 Å². The first-order chi connectivity index (χ1) is 18.9. The van der Waals surface area contributed by atoms with Gasteiger partial charge in [-0.1, -0.05) is 12.1 Å². The smallest absolute Gasteiger partial charge is 0.421 e. The molecule has 2 N–H and O–H groups in total. The van der Waals surface area contributed by atoms with Gasteiger partial charge in [0.15, 0.2) is 0 Å². The molecule has 1 aromatic heterocycles. The number of rotatable bonds is 7. The van der Waals surface area contributed by atoms with Crippen molar-refractivity contribution in [2.75, 3.05) is 62.7 Å². The van der Waals surface area contributed by atoms with Gasteiger partial charge >= 0.3 is 6.18 Å². The number of halogens is 3. The van der Waals surface area contributed by atoms with Crippen LogP contribution in [0.15, 0.2) is 42.6 Å². The molecule has 2 aliphatic rings. The Bertz CT molecular complexity index is 1430. The van der Waals surface area contributed by atoms with E-state index in [4.69, 9.17) is 4.74 Å². The van der Waals surface area contributed by atoms with Crippen molar-refractivity contribution in [3.05, 3.63) is 53.7 Å². The lowest BCUT2D eigenvalue weighted by atomic mass is 10.0. The highest BCUT2D eigenvalue weighted by Gasteiger charge is 2.36. The molecular weight excluding hydrogens is 540 g/mol. The minimum atomic E-state index is -4.68. The molecule has 2 aromatic carbocycles. The molecular formula is C28H34F3N6O2P. The first kappa shape index (κ1) is 28.2. The normalized spacial score (nSPS) is 16.1. The number of nitrogens with zero attached hydrogens (tertiary/aromatic N) is 4. The highest BCUT2D eigenvalue weighted by molar-refractivity contribution is 7.70. The van der Waals surface area contributed by atoms with Gasteiger partial charge in [-0.15, -0.1) is 0 Å². The van der Waals surface area contributed by atoms with E-state index in [-0.39, 0.29) is 5.95 Å². The molecule has 0 atom stereocenters. The van der Waals surface area contributed by atoms with Gasteiger partial charge in [0.05, 0.1) is 18.0 Å². The fourth-order valence-electron chi connectivity index (χ4n) is 5.34. The van der Waals surface area contributed by atoms with Gasteiger partial charge in [-0.25, -0.2) is 4.98 Å². The van der Waals surface area contributed by atoms with Gasteiger partial charge in [0.2, 0.25) is 5.95 Å². The summed E-state index contributed by atoms with van der Waals surface area (Å²) in [4.78, 5) is 12.7. The van der Waals surface area contributed by atoms with E-state index in [0.29, 0.717) is 41.5 Å². The highest BCUT2D eigenvalue weighted by atomic mass is 31.2. The van der Waals surface area contributed by atoms with Crippen LogP contribution in [-0.2, 0) is 17.2 Å². The maximum absolute atomic E-state index is 14.0. The Morgan fingerprint density at radius 3 is 2.45 bits per heavy atom. The topological polar surface area (TPSA) is 82.6 Å². The van der Waals surface area contributed by atoms with Crippen LogP contribution in [0.1, 0.15) is 24.0 Å². The number of aromatic nitrogens is 2. The van der Waals surface area contributed by atoms with Crippen LogP contribution in [-0.4, -0.2) is 68.0 Å². The zero-order valence-corrected chi connectivity index (χ0v) is 23.9. The van der Waals surface area contributed by atoms with Crippen LogP contribution in [0.2, 0.25) is 0 Å². The molecule has 0 aliphatic carbocycles. The van der Waals surface area contributed by atoms with Gasteiger partial charge in [-0.3, -0.25) is 0 Å². The van der Waals surface area contributed by atoms with E-state index in [0.717, 1.165) is 43.4 Å². The number of fused-ring (bicyclic) bond motifs is 1. The molecule has 5 rings (SSSR count). The molecule has 1 saturated heterocycles. The third-order valence-corrected chi connectivity index (χ3v) is 9.00. The Hall–Kier alpha value is -3.30. The van der Waals surface area contributed by atoms with Crippen LogP contribution in [0.4, 0.5) is 42.0 Å². The predicted molar refractivity (Wildman–Crippen MR) is 154 cm³/mol. The SMILES string of the molecule is CN(C)C1CCN(c2ccc(Nc3nc(Nc4ccccc4P(C)(C)=O)ncc3C(F)(F)F)c3c2CCO3)CC1. The van der Waals surface area contributed by atoms with Crippen LogP contribution in [0.25, 0.3) is 0 Å². The van der Waals surface area contributed by atoms with Crippen LogP contribution in [0.3, 0.4) is 0 Å². The van der Waals surface area contributed by atoms with E-state index in [2.05, 4.69) is 44.5 Å². The average molecular weight is 575 g/mol. The molecule has 0 amide bonds. The number of nitrogens with one attached hydrogen (secondary N) is 2. The van der Waals surface area contributed by atoms with Crippen molar-refractivity contribution in [3.63, 3.8) is 0 Å². The van der Waals surface area contributed by atoms with Crippen molar-refractivity contribution in [1.82, 2.24) is 14.9 Å². The molecule has 0 saturated carbocycles. The van der Waals surface area contributed by atoms with Gasteiger partial charge in [0.25, 0.3) is 0 Å². The number of hydrogen-bond acceptors (Lipinski definition) is 8. The Morgan fingerprint density at radius 1 is 1.05 bits per heavy atom. The van der Waals surface area contributed by atoms with Crippen LogP contribution in [0.5, 0.6) is 5.75 Å². The first-order valence-corrected chi connectivity index (χ1v) is 15.8. The first-order valence-electron chi connectivity index (χ1n) is 13.2. The summed E-state index contributed by atoms with van der Waals surface area (Å²) in [7, 11) is 1.53. The molecule has 2 aliphatic heterocycles. The predicted octanol–water partition coefficient (Wildman–Crippen LogP) is 5.70. The largest absolute Gasteiger partial charge is 0.491 e. The van der Waals surface area contributed by atoms with E-state index in [9.17, 15) is 17.7 Å². The number of alkyl halides is 3. The standard InChI is InChI=1S/C28H34F3N6O2P/c1-36(2)18-11-14-37(15-12-18)23-10-9-22(25-19(23)13-16-39-25)33-26-20(28(29,30)31)17-32-27(35-26)34-21-7-5-6-8-24(21)40(3,4)38/h5-10,17-18H,11-16H2,1-4H3,(H2,32,33,34,35). The lowest BCUT2D eigenvalue weighted by Gasteiger charge is -2.37. The van der Waals surface area contributed by atoms with Crippen LogP contribution in [0, 0.1) is 0 Å². The summed E-state index contributed by atoms with van der Waals surface area (Å²) in [6.45, 7) is 5.53. The second-order valence-corrected chi connectivity index (χ2v) is 14.0. The molecule has 0 spiro atoms. The summed E-state index contributed by atoms with van der Waals surface area (Å²) >= 11 is 0. The van der Waals surface area contributed by atoms with Gasteiger partial charge in [-0.2, -0.15) is 18.2 Å². The van der Waals surface area contributed by atoms with E-state index in [1.165, 1.54) is 0 Å². The highest BCUT2D eigenvalue weighted by Crippen LogP contribution is 2.44. The Morgan fingerprint density at radius 2 is 1.77 bits per heavy atom. The summed E-state index contributed by atoms with van der Waals surface area (Å²) in [5.74, 6) is 0.113. The van der Waals surface area contributed by atoms with Crippen molar-refractivity contribution in [2.24, 2.45) is 0 Å². The molecule has 12 heteroatoms. The van der Waals surface area contributed by atoms with E-state index in [1.807, 2.05) is 6.07 Å². The van der Waals surface area contributed by atoms with E-state index < -0.39 is 24.7 Å². The summed E-state index contributed by atoms with van der Waals surface area (Å²) in [6.07, 6.45) is -1.16. The summed E-state index contributed by atoms with van der Waals surface area (Å²) < 4.78 is 60.6. The molecule has 40 heavy (non-hydrogen) atoms. The Labute approximate surface area is 232 Å². The van der Waals surface area contributed by atoms with Crippen molar-refractivity contribution in [1.29, 1.82) is 0 Å². The maximum Gasteiger partial charge on any atom is 0.421 e. The Kier molecular flexibility index (Phi) is 7.72. The number of para-hydroxylation sites is 1. The van der Waals surface area contributed by atoms with Crippen molar-refractivity contribution in [2.45, 2.75) is 31.5 Å². The Balaban J connectivity index is 1.46. The minimum Gasteiger partial charge on any atom is -0.491 e. The number of benzene rings is 2. The monoisotopic (exact) mass is 574 g/mol. The van der Waals surface area contributed by atoms with Crippen LogP contribution < -0.4 is 25.6 Å². The molecule has 1 fully saturated rings. The third kappa shape index (κ3) is 5.90. The third-order valence-electron chi connectivity index (χ3n) is 7.45. The van der Waals surface area contributed by atoms with Gasteiger partial charge in [0, 0.05) is 48.3 Å². The van der Waals surface area contributed by atoms with Crippen molar-refractivity contribution >= 4 is 41.3 Å². The lowest BCUT2D eigenvalue weighted by Crippen LogP contribution is -2.42. The van der Waals surface area contributed by atoms with Crippen LogP contribution >= 0.6 is 7.14 Å². The number of piperidine rings is 1. The number of anilines is 5. The molecule has 3 aromatic rings. The molecule has 8 nitrogen and oxygen atoms in total. The summed E-state index contributed by atoms with van der Waals surface area (Å²) in [6, 6.07) is 11.2. The molecule has 3 heterocycles. The number of ether oxygens (including phenoxy) is 1. The van der Waals surface area contributed by atoms with Gasteiger partial charge in [0.1, 0.15) is 24.3 Å². The molecule has 0 bridgehead atoms. The number of hydrogen-bond donors (Lipinski definition) is 2. The fraction of sp³-hybridized carbons (Fsp3) is 0.429. The van der Waals surface area contributed by atoms with E-state index in [1.54, 1.807) is 43.7 Å². The quantitative estimate of drug-likeness (QED) is 0.348. The van der Waals surface area contributed by atoms with Crippen molar-refractivity contribution in [3.8, 4) is 5.75 Å².